The Bertz CT molecular complexity index is 779. The van der Waals surface area contributed by atoms with Crippen molar-refractivity contribution in [2.75, 3.05) is 6.54 Å². The molecular weight excluding hydrogens is 328 g/mol. The van der Waals surface area contributed by atoms with Crippen molar-refractivity contribution in [2.45, 2.75) is 25.5 Å². The summed E-state index contributed by atoms with van der Waals surface area (Å²) >= 11 is 0. The number of carbonyl (C=O) groups is 2. The van der Waals surface area contributed by atoms with Crippen LogP contribution in [-0.4, -0.2) is 29.4 Å². The van der Waals surface area contributed by atoms with Gasteiger partial charge in [-0.3, -0.25) is 4.79 Å². The second kappa shape index (κ2) is 7.42. The highest BCUT2D eigenvalue weighted by atomic mass is 19.2. The van der Waals surface area contributed by atoms with Gasteiger partial charge in [-0.1, -0.05) is 36.4 Å². The summed E-state index contributed by atoms with van der Waals surface area (Å²) in [5.41, 5.74) is 0.464. The molecule has 0 saturated carbocycles. The molecule has 0 N–H and O–H groups in total. The van der Waals surface area contributed by atoms with E-state index in [1.54, 1.807) is 0 Å². The number of benzene rings is 2. The quantitative estimate of drug-likeness (QED) is 0.799. The summed E-state index contributed by atoms with van der Waals surface area (Å²) in [5.74, 6) is -3.52. The highest BCUT2D eigenvalue weighted by molar-refractivity contribution is 5.97. The van der Waals surface area contributed by atoms with Gasteiger partial charge in [0.05, 0.1) is 5.56 Å². The second-order valence-electron chi connectivity index (χ2n) is 5.85. The van der Waals surface area contributed by atoms with Crippen molar-refractivity contribution in [2.24, 2.45) is 0 Å². The summed E-state index contributed by atoms with van der Waals surface area (Å²) in [5, 5.41) is 0. The average Bonchev–Trinajstić information content (AvgIpc) is 3.12. The molecule has 0 spiro atoms. The molecule has 3 rings (SSSR count). The summed E-state index contributed by atoms with van der Waals surface area (Å²) in [6, 6.07) is 11.8. The molecule has 25 heavy (non-hydrogen) atoms. The predicted molar refractivity (Wildman–Crippen MR) is 86.7 cm³/mol. The molecule has 1 heterocycles. The first-order chi connectivity index (χ1) is 12.1. The number of esters is 1. The van der Waals surface area contributed by atoms with Crippen molar-refractivity contribution < 1.29 is 23.1 Å². The molecule has 0 aromatic heterocycles. The van der Waals surface area contributed by atoms with Crippen molar-refractivity contribution in [1.29, 1.82) is 0 Å². The number of likely N-dealkylation sites (tertiary alicyclic amines) is 1. The summed E-state index contributed by atoms with van der Waals surface area (Å²) < 4.78 is 32.5. The zero-order chi connectivity index (χ0) is 17.8. The smallest absolute Gasteiger partial charge is 0.329 e. The fourth-order valence-corrected chi connectivity index (χ4v) is 2.90. The van der Waals surface area contributed by atoms with Crippen LogP contribution in [0.1, 0.15) is 28.8 Å². The van der Waals surface area contributed by atoms with Crippen LogP contribution in [0.15, 0.2) is 48.5 Å². The first-order valence-electron chi connectivity index (χ1n) is 8.03. The molecule has 1 amide bonds. The van der Waals surface area contributed by atoms with Crippen molar-refractivity contribution in [3.63, 3.8) is 0 Å². The minimum atomic E-state index is -1.20. The molecule has 130 valence electrons. The summed E-state index contributed by atoms with van der Waals surface area (Å²) in [6.45, 7) is 0.409. The molecule has 1 aliphatic heterocycles. The monoisotopic (exact) mass is 345 g/mol. The Kier molecular flexibility index (Phi) is 5.07. The van der Waals surface area contributed by atoms with Gasteiger partial charge in [-0.2, -0.15) is 0 Å². The van der Waals surface area contributed by atoms with Gasteiger partial charge in [0.1, 0.15) is 12.6 Å². The summed E-state index contributed by atoms with van der Waals surface area (Å²) in [6.07, 6.45) is 1.05. The third kappa shape index (κ3) is 3.68. The van der Waals surface area contributed by atoms with Crippen molar-refractivity contribution in [3.05, 3.63) is 71.3 Å². The molecule has 0 radical (unpaired) electrons. The Morgan fingerprint density at radius 2 is 1.84 bits per heavy atom. The third-order valence-corrected chi connectivity index (χ3v) is 4.19. The van der Waals surface area contributed by atoms with Gasteiger partial charge in [0.2, 0.25) is 0 Å². The minimum Gasteiger partial charge on any atom is -0.459 e. The van der Waals surface area contributed by atoms with Crippen LogP contribution in [0.4, 0.5) is 8.78 Å². The predicted octanol–water partition coefficient (Wildman–Crippen LogP) is 3.31. The number of halogens is 2. The van der Waals surface area contributed by atoms with Crippen LogP contribution in [0.25, 0.3) is 0 Å². The number of carbonyl (C=O) groups excluding carboxylic acids is 2. The largest absolute Gasteiger partial charge is 0.459 e. The Morgan fingerprint density at radius 3 is 2.60 bits per heavy atom. The average molecular weight is 345 g/mol. The molecule has 2 aromatic rings. The number of ether oxygens (including phenoxy) is 1. The fraction of sp³-hybridized carbons (Fsp3) is 0.263. The molecule has 1 saturated heterocycles. The lowest BCUT2D eigenvalue weighted by molar-refractivity contribution is -0.149. The van der Waals surface area contributed by atoms with Crippen LogP contribution in [0.3, 0.4) is 0 Å². The second-order valence-corrected chi connectivity index (χ2v) is 5.85. The molecule has 0 bridgehead atoms. The first kappa shape index (κ1) is 17.1. The lowest BCUT2D eigenvalue weighted by atomic mass is 10.1. The highest BCUT2D eigenvalue weighted by Crippen LogP contribution is 2.23. The molecule has 1 unspecified atom stereocenters. The SMILES string of the molecule is O=C(OCc1ccccc1)C1CCCN1C(=O)c1cccc(F)c1F. The van der Waals surface area contributed by atoms with E-state index in [0.29, 0.717) is 19.4 Å². The molecular formula is C19H17F2NO3. The molecule has 1 aliphatic rings. The van der Waals surface area contributed by atoms with Crippen molar-refractivity contribution in [3.8, 4) is 0 Å². The van der Waals surface area contributed by atoms with E-state index < -0.39 is 29.6 Å². The lowest BCUT2D eigenvalue weighted by Gasteiger charge is -2.23. The van der Waals surface area contributed by atoms with Gasteiger partial charge in [-0.15, -0.1) is 0 Å². The van der Waals surface area contributed by atoms with Crippen LogP contribution < -0.4 is 0 Å². The minimum absolute atomic E-state index is 0.104. The fourth-order valence-electron chi connectivity index (χ4n) is 2.90. The number of rotatable bonds is 4. The van der Waals surface area contributed by atoms with Crippen LogP contribution in [0.2, 0.25) is 0 Å². The maximum Gasteiger partial charge on any atom is 0.329 e. The topological polar surface area (TPSA) is 46.6 Å². The number of hydrogen-bond donors (Lipinski definition) is 0. The normalized spacial score (nSPS) is 16.7. The molecule has 6 heteroatoms. The Balaban J connectivity index is 1.70. The third-order valence-electron chi connectivity index (χ3n) is 4.19. The van der Waals surface area contributed by atoms with Crippen LogP contribution in [0.5, 0.6) is 0 Å². The highest BCUT2D eigenvalue weighted by Gasteiger charge is 2.36. The van der Waals surface area contributed by atoms with Gasteiger partial charge in [0, 0.05) is 6.54 Å². The van der Waals surface area contributed by atoms with Gasteiger partial charge in [0.25, 0.3) is 5.91 Å². The van der Waals surface area contributed by atoms with Gasteiger partial charge < -0.3 is 9.64 Å². The van der Waals surface area contributed by atoms with Crippen molar-refractivity contribution >= 4 is 11.9 Å². The van der Waals surface area contributed by atoms with Gasteiger partial charge in [-0.25, -0.2) is 13.6 Å². The lowest BCUT2D eigenvalue weighted by Crippen LogP contribution is -2.41. The number of nitrogens with zero attached hydrogens (tertiary/aromatic N) is 1. The van der Waals surface area contributed by atoms with Crippen LogP contribution in [0, 0.1) is 11.6 Å². The Morgan fingerprint density at radius 1 is 1.08 bits per heavy atom. The van der Waals surface area contributed by atoms with E-state index in [1.807, 2.05) is 30.3 Å². The zero-order valence-corrected chi connectivity index (χ0v) is 13.5. The van der Waals surface area contributed by atoms with Gasteiger partial charge in [0.15, 0.2) is 11.6 Å². The van der Waals surface area contributed by atoms with Crippen LogP contribution in [-0.2, 0) is 16.1 Å². The molecule has 0 aliphatic carbocycles. The standard InChI is InChI=1S/C19H17F2NO3/c20-15-9-4-8-14(17(15)21)18(23)22-11-5-10-16(22)19(24)25-12-13-6-2-1-3-7-13/h1-4,6-9,16H,5,10-12H2. The maximum absolute atomic E-state index is 13.9. The molecule has 1 fully saturated rings. The van der Waals surface area contributed by atoms with Gasteiger partial charge >= 0.3 is 5.97 Å². The zero-order valence-electron chi connectivity index (χ0n) is 13.5. The van der Waals surface area contributed by atoms with E-state index >= 15 is 0 Å². The number of amides is 1. The van der Waals surface area contributed by atoms with E-state index in [-0.39, 0.29) is 12.2 Å². The van der Waals surface area contributed by atoms with Crippen molar-refractivity contribution in [1.82, 2.24) is 4.90 Å². The van der Waals surface area contributed by atoms with E-state index in [4.69, 9.17) is 4.74 Å². The maximum atomic E-state index is 13.9. The Hall–Kier alpha value is -2.76. The molecule has 2 aromatic carbocycles. The summed E-state index contributed by atoms with van der Waals surface area (Å²) in [4.78, 5) is 26.1. The number of hydrogen-bond acceptors (Lipinski definition) is 3. The molecule has 4 nitrogen and oxygen atoms in total. The van der Waals surface area contributed by atoms with Crippen LogP contribution >= 0.6 is 0 Å². The van der Waals surface area contributed by atoms with E-state index in [2.05, 4.69) is 0 Å². The summed E-state index contributed by atoms with van der Waals surface area (Å²) in [7, 11) is 0. The van der Waals surface area contributed by atoms with Gasteiger partial charge in [-0.05, 0) is 30.5 Å². The van der Waals surface area contributed by atoms with E-state index in [0.717, 1.165) is 11.6 Å². The van der Waals surface area contributed by atoms with E-state index in [9.17, 15) is 18.4 Å². The first-order valence-corrected chi connectivity index (χ1v) is 8.03. The van der Waals surface area contributed by atoms with E-state index in [1.165, 1.54) is 17.0 Å². The molecule has 1 atom stereocenters. The Labute approximate surface area is 144 Å².